The van der Waals surface area contributed by atoms with Crippen LogP contribution >= 0.6 is 11.8 Å². The molecule has 4 nitrogen and oxygen atoms in total. The lowest BCUT2D eigenvalue weighted by atomic mass is 9.84. The van der Waals surface area contributed by atoms with Gasteiger partial charge >= 0.3 is 0 Å². The monoisotopic (exact) mass is 436 g/mol. The van der Waals surface area contributed by atoms with Crippen molar-refractivity contribution in [1.29, 1.82) is 0 Å². The van der Waals surface area contributed by atoms with E-state index in [9.17, 15) is 9.59 Å². The number of benzene rings is 2. The van der Waals surface area contributed by atoms with Crippen LogP contribution in [0.25, 0.3) is 0 Å². The molecule has 0 aromatic heterocycles. The molecule has 2 saturated carbocycles. The number of fused-ring (bicyclic) bond motifs is 2. The van der Waals surface area contributed by atoms with Gasteiger partial charge in [-0.15, -0.1) is 11.8 Å². The minimum absolute atomic E-state index is 0.0461. The van der Waals surface area contributed by atoms with Gasteiger partial charge in [0, 0.05) is 16.6 Å². The fraction of sp³-hybridized carbons (Fsp3) is 0.462. The van der Waals surface area contributed by atoms with Gasteiger partial charge in [-0.3, -0.25) is 9.59 Å². The molecule has 2 fully saturated rings. The molecule has 164 valence electrons. The van der Waals surface area contributed by atoms with Gasteiger partial charge in [-0.1, -0.05) is 24.6 Å². The Balaban J connectivity index is 1.34. The molecular formula is C26H32N2O2S. The van der Waals surface area contributed by atoms with Crippen molar-refractivity contribution in [3.05, 3.63) is 59.2 Å². The van der Waals surface area contributed by atoms with Crippen LogP contribution in [-0.4, -0.2) is 23.6 Å². The molecule has 2 aromatic carbocycles. The summed E-state index contributed by atoms with van der Waals surface area (Å²) in [7, 11) is 0. The maximum absolute atomic E-state index is 12.9. The van der Waals surface area contributed by atoms with E-state index in [1.165, 1.54) is 37.4 Å². The minimum Gasteiger partial charge on any atom is -0.353 e. The van der Waals surface area contributed by atoms with Crippen LogP contribution in [-0.2, 0) is 4.79 Å². The van der Waals surface area contributed by atoms with E-state index in [1.54, 1.807) is 0 Å². The van der Waals surface area contributed by atoms with Crippen molar-refractivity contribution in [1.82, 2.24) is 5.32 Å². The van der Waals surface area contributed by atoms with Crippen molar-refractivity contribution in [3.63, 3.8) is 0 Å². The van der Waals surface area contributed by atoms with Crippen LogP contribution in [0, 0.1) is 31.6 Å². The Morgan fingerprint density at radius 3 is 2.48 bits per heavy atom. The molecule has 2 aliphatic rings. The Morgan fingerprint density at radius 2 is 1.81 bits per heavy atom. The third-order valence-electron chi connectivity index (χ3n) is 6.79. The fourth-order valence-corrected chi connectivity index (χ4v) is 6.34. The van der Waals surface area contributed by atoms with Gasteiger partial charge in [-0.05, 0) is 93.2 Å². The van der Waals surface area contributed by atoms with E-state index in [-0.39, 0.29) is 17.9 Å². The summed E-state index contributed by atoms with van der Waals surface area (Å²) in [4.78, 5) is 26.3. The number of aryl methyl sites for hydroxylation is 2. The number of hydrogen-bond acceptors (Lipinski definition) is 3. The molecule has 4 atom stereocenters. The van der Waals surface area contributed by atoms with Crippen molar-refractivity contribution in [2.45, 2.75) is 57.4 Å². The van der Waals surface area contributed by atoms with Crippen molar-refractivity contribution in [2.75, 3.05) is 11.1 Å². The van der Waals surface area contributed by atoms with E-state index in [4.69, 9.17) is 0 Å². The van der Waals surface area contributed by atoms with Gasteiger partial charge in [0.1, 0.15) is 0 Å². The topological polar surface area (TPSA) is 58.2 Å². The summed E-state index contributed by atoms with van der Waals surface area (Å²) in [5.41, 5.74) is 3.61. The number of hydrogen-bond donors (Lipinski definition) is 2. The summed E-state index contributed by atoms with van der Waals surface area (Å²) in [6.07, 6.45) is 5.31. The van der Waals surface area contributed by atoms with E-state index < -0.39 is 0 Å². The Kier molecular flexibility index (Phi) is 6.71. The zero-order valence-corrected chi connectivity index (χ0v) is 19.4. The van der Waals surface area contributed by atoms with Gasteiger partial charge in [0.2, 0.25) is 5.91 Å². The third kappa shape index (κ3) is 5.32. The number of nitrogens with one attached hydrogen (secondary N) is 2. The second-order valence-corrected chi connectivity index (χ2v) is 10.3. The lowest BCUT2D eigenvalue weighted by Gasteiger charge is -2.28. The third-order valence-corrected chi connectivity index (χ3v) is 7.87. The van der Waals surface area contributed by atoms with Gasteiger partial charge < -0.3 is 10.6 Å². The molecular weight excluding hydrogens is 404 g/mol. The number of amides is 2. The van der Waals surface area contributed by atoms with E-state index in [0.29, 0.717) is 17.2 Å². The minimum atomic E-state index is -0.149. The molecule has 31 heavy (non-hydrogen) atoms. The summed E-state index contributed by atoms with van der Waals surface area (Å²) in [5.74, 6) is 2.52. The average Bonchev–Trinajstić information content (AvgIpc) is 3.35. The highest BCUT2D eigenvalue weighted by Crippen LogP contribution is 2.49. The number of carbonyl (C=O) groups is 2. The smallest absolute Gasteiger partial charge is 0.256 e. The molecule has 2 bridgehead atoms. The molecule has 0 spiro atoms. The lowest BCUT2D eigenvalue weighted by molar-refractivity contribution is -0.119. The van der Waals surface area contributed by atoms with Crippen LogP contribution in [0.3, 0.4) is 0 Å². The average molecular weight is 437 g/mol. The molecule has 0 aliphatic heterocycles. The molecule has 0 unspecified atom stereocenters. The quantitative estimate of drug-likeness (QED) is 0.556. The van der Waals surface area contributed by atoms with Crippen LogP contribution < -0.4 is 10.6 Å². The fourth-order valence-electron chi connectivity index (χ4n) is 5.48. The van der Waals surface area contributed by atoms with Gasteiger partial charge in [0.15, 0.2) is 0 Å². The van der Waals surface area contributed by atoms with E-state index >= 15 is 0 Å². The Bertz CT molecular complexity index is 953. The van der Waals surface area contributed by atoms with Gasteiger partial charge in [0.05, 0.1) is 11.3 Å². The molecule has 0 heterocycles. The normalized spacial score (nSPS) is 22.9. The number of rotatable bonds is 7. The summed E-state index contributed by atoms with van der Waals surface area (Å²) in [5, 5.41) is 6.22. The summed E-state index contributed by atoms with van der Waals surface area (Å²) >= 11 is 1.43. The van der Waals surface area contributed by atoms with Crippen LogP contribution in [0.4, 0.5) is 5.69 Å². The van der Waals surface area contributed by atoms with E-state index in [0.717, 1.165) is 33.5 Å². The molecule has 2 N–H and O–H groups in total. The highest BCUT2D eigenvalue weighted by Gasteiger charge is 2.42. The largest absolute Gasteiger partial charge is 0.353 e. The molecule has 2 aliphatic carbocycles. The first-order valence-corrected chi connectivity index (χ1v) is 12.3. The Morgan fingerprint density at radius 1 is 1.06 bits per heavy atom. The van der Waals surface area contributed by atoms with E-state index in [1.807, 2.05) is 50.2 Å². The first-order chi connectivity index (χ1) is 14.9. The number of carbonyl (C=O) groups excluding carboxylic acids is 2. The first-order valence-electron chi connectivity index (χ1n) is 11.3. The molecule has 2 aromatic rings. The number of thioether (sulfide) groups is 1. The van der Waals surface area contributed by atoms with Crippen molar-refractivity contribution in [3.8, 4) is 0 Å². The van der Waals surface area contributed by atoms with Crippen LogP contribution in [0.1, 0.15) is 54.1 Å². The van der Waals surface area contributed by atoms with Crippen molar-refractivity contribution < 1.29 is 9.59 Å². The highest BCUT2D eigenvalue weighted by atomic mass is 32.2. The summed E-state index contributed by atoms with van der Waals surface area (Å²) in [6.45, 7) is 6.19. The summed E-state index contributed by atoms with van der Waals surface area (Å²) < 4.78 is 0. The van der Waals surface area contributed by atoms with Gasteiger partial charge in [-0.25, -0.2) is 0 Å². The zero-order chi connectivity index (χ0) is 22.0. The SMILES string of the molecule is Cc1cc(C)cc(NC(=O)c2ccccc2SCC(=O)N[C@@H](C)[C@@H]2C[C@H]3CC[C@H]2C3)c1. The number of anilines is 1. The second-order valence-electron chi connectivity index (χ2n) is 9.31. The molecule has 4 rings (SSSR count). The standard InChI is InChI=1S/C26H32N2O2S/c1-16-10-17(2)12-21(11-16)28-26(30)22-6-4-5-7-24(22)31-15-25(29)27-18(3)23-14-19-8-9-20(23)13-19/h4-7,10-12,18-20,23H,8-9,13-15H2,1-3H3,(H,27,29)(H,28,30)/t18-,19-,20-,23-/m0/s1. The predicted octanol–water partition coefficient (Wildman–Crippen LogP) is 5.59. The highest BCUT2D eigenvalue weighted by molar-refractivity contribution is 8.00. The van der Waals surface area contributed by atoms with Crippen LogP contribution in [0.15, 0.2) is 47.4 Å². The Labute approximate surface area is 189 Å². The van der Waals surface area contributed by atoms with Crippen molar-refractivity contribution >= 4 is 29.3 Å². The summed E-state index contributed by atoms with van der Waals surface area (Å²) in [6, 6.07) is 13.7. The predicted molar refractivity (Wildman–Crippen MR) is 128 cm³/mol. The molecule has 0 saturated heterocycles. The van der Waals surface area contributed by atoms with Crippen molar-refractivity contribution in [2.24, 2.45) is 17.8 Å². The van der Waals surface area contributed by atoms with E-state index in [2.05, 4.69) is 23.6 Å². The van der Waals surface area contributed by atoms with Crippen LogP contribution in [0.2, 0.25) is 0 Å². The maximum Gasteiger partial charge on any atom is 0.256 e. The second kappa shape index (κ2) is 9.47. The Hall–Kier alpha value is -2.27. The zero-order valence-electron chi connectivity index (χ0n) is 18.6. The first kappa shape index (κ1) is 21.9. The van der Waals surface area contributed by atoms with Crippen LogP contribution in [0.5, 0.6) is 0 Å². The lowest BCUT2D eigenvalue weighted by Crippen LogP contribution is -2.40. The molecule has 5 heteroatoms. The van der Waals surface area contributed by atoms with Gasteiger partial charge in [-0.2, -0.15) is 0 Å². The molecule has 0 radical (unpaired) electrons. The molecule has 2 amide bonds. The maximum atomic E-state index is 12.9. The van der Waals surface area contributed by atoms with Gasteiger partial charge in [0.25, 0.3) is 5.91 Å².